The van der Waals surface area contributed by atoms with Gasteiger partial charge >= 0.3 is 6.18 Å². The fourth-order valence-corrected chi connectivity index (χ4v) is 3.56. The number of benzene rings is 3. The Balaban J connectivity index is 1.89. The van der Waals surface area contributed by atoms with E-state index < -0.39 is 22.9 Å². The number of halogens is 3. The summed E-state index contributed by atoms with van der Waals surface area (Å²) in [6, 6.07) is 18.9. The Morgan fingerprint density at radius 2 is 1.58 bits per heavy atom. The topological polar surface area (TPSA) is 39.4 Å². The minimum Gasteiger partial charge on any atom is -0.488 e. The smallest absolute Gasteiger partial charge is 0.450 e. The maximum Gasteiger partial charge on any atom is 0.450 e. The number of rotatable bonds is 4. The molecule has 0 saturated carbocycles. The van der Waals surface area contributed by atoms with Crippen LogP contribution in [0.25, 0.3) is 22.1 Å². The molecule has 1 aromatic heterocycles. The summed E-state index contributed by atoms with van der Waals surface area (Å²) in [5.41, 5.74) is 0.685. The van der Waals surface area contributed by atoms with Crippen molar-refractivity contribution in [3.63, 3.8) is 0 Å². The third kappa shape index (κ3) is 3.93. The number of hydrogen-bond acceptors (Lipinski definition) is 3. The number of fused-ring (bicyclic) bond motifs is 1. The molecule has 0 aliphatic rings. The lowest BCUT2D eigenvalue weighted by molar-refractivity contribution is -0.152. The van der Waals surface area contributed by atoms with Crippen molar-refractivity contribution >= 4 is 11.0 Å². The molecule has 0 N–H and O–H groups in total. The number of aryl methyl sites for hydroxylation is 2. The number of alkyl halides is 3. The molecule has 3 aromatic carbocycles. The van der Waals surface area contributed by atoms with Crippen molar-refractivity contribution in [2.45, 2.75) is 26.6 Å². The highest BCUT2D eigenvalue weighted by atomic mass is 19.4. The number of ether oxygens (including phenoxy) is 1. The Labute approximate surface area is 176 Å². The van der Waals surface area contributed by atoms with Gasteiger partial charge in [0.2, 0.25) is 11.2 Å². The zero-order valence-electron chi connectivity index (χ0n) is 16.9. The first kappa shape index (κ1) is 20.7. The van der Waals surface area contributed by atoms with Crippen LogP contribution in [0, 0.1) is 13.8 Å². The summed E-state index contributed by atoms with van der Waals surface area (Å²) in [6.07, 6.45) is -4.84. The van der Waals surface area contributed by atoms with Crippen LogP contribution in [0.3, 0.4) is 0 Å². The van der Waals surface area contributed by atoms with Gasteiger partial charge in [0.25, 0.3) is 0 Å². The fourth-order valence-electron chi connectivity index (χ4n) is 3.56. The molecule has 158 valence electrons. The molecule has 0 bridgehead atoms. The zero-order chi connectivity index (χ0) is 22.2. The van der Waals surface area contributed by atoms with Gasteiger partial charge in [-0.1, -0.05) is 54.6 Å². The molecule has 0 amide bonds. The van der Waals surface area contributed by atoms with Gasteiger partial charge in [0.1, 0.15) is 17.9 Å². The van der Waals surface area contributed by atoms with Gasteiger partial charge in [-0.3, -0.25) is 4.79 Å². The lowest BCUT2D eigenvalue weighted by Gasteiger charge is -2.16. The molecule has 31 heavy (non-hydrogen) atoms. The van der Waals surface area contributed by atoms with E-state index in [2.05, 4.69) is 0 Å². The molecule has 0 radical (unpaired) electrons. The first-order chi connectivity index (χ1) is 14.8. The highest BCUT2D eigenvalue weighted by Crippen LogP contribution is 2.39. The summed E-state index contributed by atoms with van der Waals surface area (Å²) in [5, 5.41) is 0.0795. The first-order valence-electron chi connectivity index (χ1n) is 9.67. The van der Waals surface area contributed by atoms with E-state index in [0.29, 0.717) is 16.9 Å². The normalized spacial score (nSPS) is 11.6. The van der Waals surface area contributed by atoms with Crippen molar-refractivity contribution in [1.82, 2.24) is 0 Å². The number of hydrogen-bond donors (Lipinski definition) is 0. The van der Waals surface area contributed by atoms with Crippen molar-refractivity contribution in [2.75, 3.05) is 0 Å². The van der Waals surface area contributed by atoms with Gasteiger partial charge in [0, 0.05) is 5.56 Å². The van der Waals surface area contributed by atoms with E-state index >= 15 is 0 Å². The molecule has 1 heterocycles. The molecule has 0 unspecified atom stereocenters. The molecule has 4 aromatic rings. The second kappa shape index (κ2) is 7.95. The second-order valence-electron chi connectivity index (χ2n) is 7.29. The average Bonchev–Trinajstić information content (AvgIpc) is 2.74. The minimum atomic E-state index is -4.84. The van der Waals surface area contributed by atoms with E-state index in [1.807, 2.05) is 30.3 Å². The van der Waals surface area contributed by atoms with Crippen molar-refractivity contribution < 1.29 is 22.3 Å². The van der Waals surface area contributed by atoms with Crippen LogP contribution >= 0.6 is 0 Å². The van der Waals surface area contributed by atoms with Crippen LogP contribution in [0.2, 0.25) is 0 Å². The highest BCUT2D eigenvalue weighted by Gasteiger charge is 2.40. The Bertz CT molecular complexity index is 1310. The van der Waals surface area contributed by atoms with Crippen LogP contribution in [-0.4, -0.2) is 0 Å². The van der Waals surface area contributed by atoms with Gasteiger partial charge in [-0.25, -0.2) is 0 Å². The summed E-state index contributed by atoms with van der Waals surface area (Å²) >= 11 is 0. The van der Waals surface area contributed by atoms with E-state index in [1.165, 1.54) is 12.1 Å². The summed E-state index contributed by atoms with van der Waals surface area (Å²) in [4.78, 5) is 13.2. The lowest BCUT2D eigenvalue weighted by atomic mass is 9.97. The largest absolute Gasteiger partial charge is 0.488 e. The minimum absolute atomic E-state index is 0.0795. The van der Waals surface area contributed by atoms with Crippen LogP contribution in [0.1, 0.15) is 22.5 Å². The van der Waals surface area contributed by atoms with Crippen LogP contribution in [0.15, 0.2) is 75.9 Å². The molecule has 0 spiro atoms. The van der Waals surface area contributed by atoms with Crippen LogP contribution in [0.5, 0.6) is 5.75 Å². The molecular weight excluding hydrogens is 405 g/mol. The van der Waals surface area contributed by atoms with Crippen molar-refractivity contribution in [2.24, 2.45) is 0 Å². The third-order valence-electron chi connectivity index (χ3n) is 5.17. The van der Waals surface area contributed by atoms with Crippen LogP contribution in [-0.2, 0) is 12.8 Å². The van der Waals surface area contributed by atoms with Gasteiger partial charge in [-0.05, 0) is 42.7 Å². The summed E-state index contributed by atoms with van der Waals surface area (Å²) in [5.74, 6) is -0.945. The third-order valence-corrected chi connectivity index (χ3v) is 5.17. The van der Waals surface area contributed by atoms with Gasteiger partial charge < -0.3 is 9.15 Å². The standard InChI is InChI=1S/C25H19F3O3/c1-15-8-6-7-11-18(15)21-22(29)19-12-13-20(30-14-17-9-4-3-5-10-17)16(2)23(19)31-24(21)25(26,27)28/h3-13H,14H2,1-2H3. The van der Waals surface area contributed by atoms with E-state index in [4.69, 9.17) is 9.15 Å². The van der Waals surface area contributed by atoms with Crippen LogP contribution in [0.4, 0.5) is 13.2 Å². The van der Waals surface area contributed by atoms with Crippen molar-refractivity contribution in [3.8, 4) is 16.9 Å². The lowest BCUT2D eigenvalue weighted by Crippen LogP contribution is -2.17. The monoisotopic (exact) mass is 424 g/mol. The Hall–Kier alpha value is -3.54. The Morgan fingerprint density at radius 1 is 0.903 bits per heavy atom. The molecule has 4 rings (SSSR count). The fraction of sp³-hybridized carbons (Fsp3) is 0.160. The van der Waals surface area contributed by atoms with Gasteiger partial charge in [-0.2, -0.15) is 13.2 Å². The molecule has 0 atom stereocenters. The molecule has 0 aliphatic carbocycles. The van der Waals surface area contributed by atoms with E-state index in [9.17, 15) is 18.0 Å². The summed E-state index contributed by atoms with van der Waals surface area (Å²) < 4.78 is 52.9. The molecule has 0 aliphatic heterocycles. The van der Waals surface area contributed by atoms with Gasteiger partial charge in [-0.15, -0.1) is 0 Å². The quantitative estimate of drug-likeness (QED) is 0.367. The molecule has 6 heteroatoms. The molecule has 0 saturated heterocycles. The summed E-state index contributed by atoms with van der Waals surface area (Å²) in [6.45, 7) is 3.48. The Kier molecular flexibility index (Phi) is 5.31. The van der Waals surface area contributed by atoms with Crippen molar-refractivity contribution in [3.05, 3.63) is 99.4 Å². The zero-order valence-corrected chi connectivity index (χ0v) is 16.9. The van der Waals surface area contributed by atoms with Gasteiger partial charge in [0.05, 0.1) is 10.9 Å². The molecular formula is C25H19F3O3. The summed E-state index contributed by atoms with van der Waals surface area (Å²) in [7, 11) is 0. The van der Waals surface area contributed by atoms with Gasteiger partial charge in [0.15, 0.2) is 0 Å². The maximum absolute atomic E-state index is 13.9. The van der Waals surface area contributed by atoms with E-state index in [0.717, 1.165) is 5.56 Å². The van der Waals surface area contributed by atoms with E-state index in [1.54, 1.807) is 38.1 Å². The molecule has 3 nitrogen and oxygen atoms in total. The Morgan fingerprint density at radius 3 is 2.26 bits per heavy atom. The average molecular weight is 424 g/mol. The van der Waals surface area contributed by atoms with Crippen molar-refractivity contribution in [1.29, 1.82) is 0 Å². The maximum atomic E-state index is 13.9. The van der Waals surface area contributed by atoms with Crippen LogP contribution < -0.4 is 10.2 Å². The van der Waals surface area contributed by atoms with E-state index in [-0.39, 0.29) is 23.1 Å². The predicted octanol–water partition coefficient (Wildman–Crippen LogP) is 6.67. The first-order valence-corrected chi connectivity index (χ1v) is 9.67. The molecule has 0 fully saturated rings. The SMILES string of the molecule is Cc1ccccc1-c1c(C(F)(F)F)oc2c(C)c(OCc3ccccc3)ccc2c1=O. The highest BCUT2D eigenvalue weighted by molar-refractivity contribution is 5.87. The second-order valence-corrected chi connectivity index (χ2v) is 7.29. The predicted molar refractivity (Wildman–Crippen MR) is 113 cm³/mol.